The maximum Gasteiger partial charge on any atom is 0.266 e. The van der Waals surface area contributed by atoms with Gasteiger partial charge in [-0.25, -0.2) is 0 Å². The molecule has 0 aliphatic heterocycles. The summed E-state index contributed by atoms with van der Waals surface area (Å²) in [5, 5.41) is 20.9. The van der Waals surface area contributed by atoms with E-state index in [0.29, 0.717) is 11.1 Å². The molecular weight excluding hydrogens is 298 g/mol. The molecule has 0 atom stereocenters. The highest BCUT2D eigenvalue weighted by molar-refractivity contribution is 6.10. The lowest BCUT2D eigenvalue weighted by atomic mass is 10.0. The van der Waals surface area contributed by atoms with E-state index in [4.69, 9.17) is 5.26 Å². The van der Waals surface area contributed by atoms with Gasteiger partial charge in [0.15, 0.2) is 0 Å². The molecule has 4 nitrogen and oxygen atoms in total. The van der Waals surface area contributed by atoms with Gasteiger partial charge in [-0.15, -0.1) is 0 Å². The number of aryl methyl sites for hydroxylation is 3. The highest BCUT2D eigenvalue weighted by Gasteiger charge is 2.12. The molecule has 0 fully saturated rings. The monoisotopic (exact) mass is 315 g/mol. The van der Waals surface area contributed by atoms with Crippen LogP contribution in [-0.2, 0) is 4.79 Å². The molecule has 4 heteroatoms. The number of hydrogen-bond donors (Lipinski definition) is 1. The van der Waals surface area contributed by atoms with Crippen LogP contribution >= 0.6 is 0 Å². The first kappa shape index (κ1) is 17.0. The SMILES string of the molecule is Cc1cc(C)c(NC(=O)C(C#N)=Cc2ccc(C#N)cc2)c(C)c1. The van der Waals surface area contributed by atoms with E-state index >= 15 is 0 Å². The van der Waals surface area contributed by atoms with E-state index in [0.717, 1.165) is 22.4 Å². The van der Waals surface area contributed by atoms with E-state index in [1.54, 1.807) is 24.3 Å². The molecule has 0 radical (unpaired) electrons. The van der Waals surface area contributed by atoms with Crippen molar-refractivity contribution in [3.05, 3.63) is 69.8 Å². The summed E-state index contributed by atoms with van der Waals surface area (Å²) in [5.41, 5.74) is 4.99. The number of nitrogens with zero attached hydrogens (tertiary/aromatic N) is 2. The Kier molecular flexibility index (Phi) is 5.14. The average molecular weight is 315 g/mol. The second kappa shape index (κ2) is 7.26. The van der Waals surface area contributed by atoms with Crippen LogP contribution in [0.25, 0.3) is 6.08 Å². The first-order valence-corrected chi connectivity index (χ1v) is 7.45. The summed E-state index contributed by atoms with van der Waals surface area (Å²) in [6.45, 7) is 5.84. The first-order valence-electron chi connectivity index (χ1n) is 7.45. The Bertz CT molecular complexity index is 871. The molecule has 2 rings (SSSR count). The van der Waals surface area contributed by atoms with E-state index in [2.05, 4.69) is 5.32 Å². The molecule has 0 heterocycles. The summed E-state index contributed by atoms with van der Waals surface area (Å²) in [5.74, 6) is -0.447. The molecule has 0 spiro atoms. The Balaban J connectivity index is 2.28. The third kappa shape index (κ3) is 3.88. The molecule has 24 heavy (non-hydrogen) atoms. The molecule has 1 N–H and O–H groups in total. The van der Waals surface area contributed by atoms with Crippen molar-refractivity contribution in [3.8, 4) is 12.1 Å². The topological polar surface area (TPSA) is 76.7 Å². The fourth-order valence-corrected chi connectivity index (χ4v) is 2.53. The summed E-state index contributed by atoms with van der Waals surface area (Å²) < 4.78 is 0. The summed E-state index contributed by atoms with van der Waals surface area (Å²) in [6, 6.07) is 14.6. The summed E-state index contributed by atoms with van der Waals surface area (Å²) in [7, 11) is 0. The quantitative estimate of drug-likeness (QED) is 0.686. The van der Waals surface area contributed by atoms with Crippen molar-refractivity contribution in [1.82, 2.24) is 0 Å². The molecule has 118 valence electrons. The van der Waals surface area contributed by atoms with Crippen molar-refractivity contribution in [2.75, 3.05) is 5.32 Å². The minimum Gasteiger partial charge on any atom is -0.321 e. The van der Waals surface area contributed by atoms with Crippen molar-refractivity contribution < 1.29 is 4.79 Å². The van der Waals surface area contributed by atoms with Crippen molar-refractivity contribution in [1.29, 1.82) is 10.5 Å². The Morgan fingerprint density at radius 1 is 1.04 bits per heavy atom. The van der Waals surface area contributed by atoms with Crippen molar-refractivity contribution >= 4 is 17.7 Å². The zero-order valence-corrected chi connectivity index (χ0v) is 13.8. The fraction of sp³-hybridized carbons (Fsp3) is 0.150. The van der Waals surface area contributed by atoms with Gasteiger partial charge in [0, 0.05) is 5.69 Å². The van der Waals surface area contributed by atoms with Gasteiger partial charge in [0.2, 0.25) is 0 Å². The van der Waals surface area contributed by atoms with Crippen molar-refractivity contribution in [2.24, 2.45) is 0 Å². The van der Waals surface area contributed by atoms with Gasteiger partial charge in [0.1, 0.15) is 11.6 Å². The molecule has 0 aromatic heterocycles. The molecule has 1 amide bonds. The van der Waals surface area contributed by atoms with Crippen LogP contribution in [0.1, 0.15) is 27.8 Å². The average Bonchev–Trinajstić information content (AvgIpc) is 2.56. The van der Waals surface area contributed by atoms with Crippen LogP contribution in [0.4, 0.5) is 5.69 Å². The number of amides is 1. The third-order valence-corrected chi connectivity index (χ3v) is 3.63. The normalized spacial score (nSPS) is 10.6. The zero-order chi connectivity index (χ0) is 17.7. The lowest BCUT2D eigenvalue weighted by molar-refractivity contribution is -0.112. The molecule has 2 aromatic carbocycles. The minimum absolute atomic E-state index is 0.0130. The number of carbonyl (C=O) groups is 1. The highest BCUT2D eigenvalue weighted by atomic mass is 16.1. The summed E-state index contributed by atoms with van der Waals surface area (Å²) in [6.07, 6.45) is 1.51. The number of benzene rings is 2. The standard InChI is InChI=1S/C20H17N3O/c1-13-8-14(2)19(15(3)9-13)23-20(24)18(12-22)10-16-4-6-17(11-21)7-5-16/h4-10H,1-3H3,(H,23,24). The second-order valence-corrected chi connectivity index (χ2v) is 5.63. The van der Waals surface area contributed by atoms with Gasteiger partial charge in [-0.2, -0.15) is 10.5 Å². The van der Waals surface area contributed by atoms with E-state index in [1.165, 1.54) is 6.08 Å². The van der Waals surface area contributed by atoms with E-state index in [-0.39, 0.29) is 5.57 Å². The zero-order valence-electron chi connectivity index (χ0n) is 13.8. The minimum atomic E-state index is -0.447. The van der Waals surface area contributed by atoms with Crippen LogP contribution in [0.5, 0.6) is 0 Å². The van der Waals surface area contributed by atoms with Gasteiger partial charge in [-0.3, -0.25) is 4.79 Å². The lowest BCUT2D eigenvalue weighted by Crippen LogP contribution is -2.15. The molecule has 0 aliphatic rings. The lowest BCUT2D eigenvalue weighted by Gasteiger charge is -2.12. The maximum absolute atomic E-state index is 12.4. The Hall–Kier alpha value is -3.37. The van der Waals surface area contributed by atoms with Crippen LogP contribution in [0.15, 0.2) is 42.0 Å². The molecule has 0 aliphatic carbocycles. The van der Waals surface area contributed by atoms with Crippen molar-refractivity contribution in [3.63, 3.8) is 0 Å². The Morgan fingerprint density at radius 2 is 1.62 bits per heavy atom. The number of rotatable bonds is 3. The van der Waals surface area contributed by atoms with Gasteiger partial charge in [0.05, 0.1) is 11.6 Å². The molecule has 2 aromatic rings. The van der Waals surface area contributed by atoms with Gasteiger partial charge in [-0.05, 0) is 55.7 Å². The molecule has 0 bridgehead atoms. The summed E-state index contributed by atoms with van der Waals surface area (Å²) in [4.78, 5) is 12.4. The highest BCUT2D eigenvalue weighted by Crippen LogP contribution is 2.22. The Morgan fingerprint density at radius 3 is 2.12 bits per heavy atom. The number of hydrogen-bond acceptors (Lipinski definition) is 3. The van der Waals surface area contributed by atoms with Crippen LogP contribution in [0.3, 0.4) is 0 Å². The smallest absolute Gasteiger partial charge is 0.266 e. The number of anilines is 1. The third-order valence-electron chi connectivity index (χ3n) is 3.63. The van der Waals surface area contributed by atoms with Crippen molar-refractivity contribution in [2.45, 2.75) is 20.8 Å². The number of carbonyl (C=O) groups excluding carboxylic acids is 1. The summed E-state index contributed by atoms with van der Waals surface area (Å²) >= 11 is 0. The predicted octanol–water partition coefficient (Wildman–Crippen LogP) is 4.03. The van der Waals surface area contributed by atoms with Gasteiger partial charge >= 0.3 is 0 Å². The van der Waals surface area contributed by atoms with E-state index < -0.39 is 5.91 Å². The van der Waals surface area contributed by atoms with Gasteiger partial charge in [0.25, 0.3) is 5.91 Å². The van der Waals surface area contributed by atoms with E-state index in [1.807, 2.05) is 45.0 Å². The molecule has 0 saturated heterocycles. The molecule has 0 saturated carbocycles. The molecule has 0 unspecified atom stereocenters. The fourth-order valence-electron chi connectivity index (χ4n) is 2.53. The van der Waals surface area contributed by atoms with Gasteiger partial charge < -0.3 is 5.32 Å². The second-order valence-electron chi connectivity index (χ2n) is 5.63. The predicted molar refractivity (Wildman–Crippen MR) is 94.0 cm³/mol. The van der Waals surface area contributed by atoms with Crippen LogP contribution in [0.2, 0.25) is 0 Å². The van der Waals surface area contributed by atoms with Crippen LogP contribution < -0.4 is 5.32 Å². The maximum atomic E-state index is 12.4. The molecular formula is C20H17N3O. The number of nitriles is 2. The van der Waals surface area contributed by atoms with Crippen LogP contribution in [0, 0.1) is 43.4 Å². The Labute approximate surface area is 141 Å². The first-order chi connectivity index (χ1) is 11.4. The van der Waals surface area contributed by atoms with Gasteiger partial charge in [-0.1, -0.05) is 29.8 Å². The largest absolute Gasteiger partial charge is 0.321 e. The van der Waals surface area contributed by atoms with Crippen LogP contribution in [-0.4, -0.2) is 5.91 Å². The van der Waals surface area contributed by atoms with E-state index in [9.17, 15) is 10.1 Å². The number of nitrogens with one attached hydrogen (secondary N) is 1.